The van der Waals surface area contributed by atoms with Gasteiger partial charge in [0.1, 0.15) is 5.49 Å². The van der Waals surface area contributed by atoms with E-state index in [1.54, 1.807) is 37.5 Å². The third-order valence-corrected chi connectivity index (χ3v) is 4.31. The molecule has 28 heavy (non-hydrogen) atoms. The molecule has 2 heterocycles. The highest BCUT2D eigenvalue weighted by atomic mass is 19.3. The van der Waals surface area contributed by atoms with Crippen molar-refractivity contribution in [3.05, 3.63) is 71.6 Å². The Morgan fingerprint density at radius 3 is 2.86 bits per heavy atom. The van der Waals surface area contributed by atoms with Gasteiger partial charge in [-0.2, -0.15) is 5.10 Å². The van der Waals surface area contributed by atoms with Crippen molar-refractivity contribution in [2.45, 2.75) is 18.9 Å². The Labute approximate surface area is 160 Å². The summed E-state index contributed by atoms with van der Waals surface area (Å²) in [6, 6.07) is 11.0. The van der Waals surface area contributed by atoms with Crippen molar-refractivity contribution in [1.82, 2.24) is 14.8 Å². The highest BCUT2D eigenvalue weighted by Crippen LogP contribution is 2.33. The van der Waals surface area contributed by atoms with E-state index in [1.165, 1.54) is 35.3 Å². The molecular formula is C20H20F2N6. The Kier molecular flexibility index (Phi) is 5.58. The fourth-order valence-corrected chi connectivity index (χ4v) is 2.81. The maximum absolute atomic E-state index is 14.8. The SMILES string of the molecule is CN=CC(=CN)c1ccc(=N)n(CCC(F)(F)c2ccc3ncccc3c2)n1. The summed E-state index contributed by atoms with van der Waals surface area (Å²) in [5.41, 5.74) is 7.19. The summed E-state index contributed by atoms with van der Waals surface area (Å²) in [4.78, 5) is 8.04. The maximum atomic E-state index is 14.8. The van der Waals surface area contributed by atoms with Gasteiger partial charge in [-0.1, -0.05) is 12.1 Å². The molecule has 144 valence electrons. The van der Waals surface area contributed by atoms with Gasteiger partial charge in [-0.25, -0.2) is 13.5 Å². The zero-order chi connectivity index (χ0) is 20.1. The molecule has 0 fully saturated rings. The predicted octanol–water partition coefficient (Wildman–Crippen LogP) is 3.09. The third kappa shape index (κ3) is 4.11. The van der Waals surface area contributed by atoms with Crippen LogP contribution in [0.5, 0.6) is 0 Å². The molecule has 1 aromatic carbocycles. The number of nitrogens with one attached hydrogen (secondary N) is 1. The largest absolute Gasteiger partial charge is 0.404 e. The number of hydrogen-bond acceptors (Lipinski definition) is 5. The van der Waals surface area contributed by atoms with E-state index < -0.39 is 12.3 Å². The number of allylic oxidation sites excluding steroid dienone is 1. The van der Waals surface area contributed by atoms with Gasteiger partial charge in [-0.05, 0) is 30.3 Å². The predicted molar refractivity (Wildman–Crippen MR) is 105 cm³/mol. The molecule has 0 bridgehead atoms. The van der Waals surface area contributed by atoms with Crippen LogP contribution in [0.3, 0.4) is 0 Å². The van der Waals surface area contributed by atoms with Crippen LogP contribution in [-0.4, -0.2) is 28.0 Å². The van der Waals surface area contributed by atoms with E-state index in [4.69, 9.17) is 11.1 Å². The van der Waals surface area contributed by atoms with Crippen molar-refractivity contribution in [2.75, 3.05) is 7.05 Å². The Morgan fingerprint density at radius 2 is 2.11 bits per heavy atom. The lowest BCUT2D eigenvalue weighted by Gasteiger charge is -2.18. The van der Waals surface area contributed by atoms with Crippen LogP contribution in [0, 0.1) is 5.41 Å². The van der Waals surface area contributed by atoms with Crippen molar-refractivity contribution in [2.24, 2.45) is 10.7 Å². The molecule has 0 unspecified atom stereocenters. The number of aryl methyl sites for hydroxylation is 1. The van der Waals surface area contributed by atoms with Crippen molar-refractivity contribution in [3.8, 4) is 0 Å². The van der Waals surface area contributed by atoms with E-state index in [9.17, 15) is 8.78 Å². The number of fused-ring (bicyclic) bond motifs is 1. The average Bonchev–Trinajstić information content (AvgIpc) is 2.71. The summed E-state index contributed by atoms with van der Waals surface area (Å²) in [6.45, 7) is -0.119. The monoisotopic (exact) mass is 382 g/mol. The molecule has 0 aliphatic carbocycles. The lowest BCUT2D eigenvalue weighted by atomic mass is 10.0. The molecule has 3 rings (SSSR count). The van der Waals surface area contributed by atoms with E-state index in [0.717, 1.165) is 0 Å². The van der Waals surface area contributed by atoms with Crippen LogP contribution >= 0.6 is 0 Å². The van der Waals surface area contributed by atoms with E-state index in [2.05, 4.69) is 15.1 Å². The molecule has 8 heteroatoms. The number of nitrogens with two attached hydrogens (primary N) is 1. The second kappa shape index (κ2) is 8.08. The fraction of sp³-hybridized carbons (Fsp3) is 0.200. The number of benzene rings is 1. The molecule has 0 atom stereocenters. The number of hydrogen-bond donors (Lipinski definition) is 2. The number of rotatable bonds is 6. The highest BCUT2D eigenvalue weighted by Gasteiger charge is 2.31. The standard InChI is InChI=1S/C20H20F2N6/c1-25-13-15(12-23)18-6-7-19(24)28(27-18)10-8-20(21,22)16-4-5-17-14(11-16)3-2-9-26-17/h2-7,9,11-13,24H,8,10,23H2,1H3. The smallest absolute Gasteiger partial charge is 0.275 e. The van der Waals surface area contributed by atoms with Crippen molar-refractivity contribution in [3.63, 3.8) is 0 Å². The normalized spacial score (nSPS) is 12.8. The second-order valence-electron chi connectivity index (χ2n) is 6.20. The van der Waals surface area contributed by atoms with Gasteiger partial charge in [0.2, 0.25) is 0 Å². The van der Waals surface area contributed by atoms with Gasteiger partial charge in [-0.3, -0.25) is 15.4 Å². The Bertz CT molecular complexity index is 1100. The van der Waals surface area contributed by atoms with Crippen LogP contribution in [0.1, 0.15) is 17.7 Å². The molecular weight excluding hydrogens is 362 g/mol. The number of aromatic nitrogens is 3. The number of pyridine rings is 1. The number of aliphatic imine (C=N–C) groups is 1. The molecule has 2 aromatic heterocycles. The summed E-state index contributed by atoms with van der Waals surface area (Å²) in [6.07, 6.45) is 3.99. The third-order valence-electron chi connectivity index (χ3n) is 4.31. The number of alkyl halides is 2. The first kappa shape index (κ1) is 19.3. The fourth-order valence-electron chi connectivity index (χ4n) is 2.81. The number of nitrogens with zero attached hydrogens (tertiary/aromatic N) is 4. The Balaban J connectivity index is 1.84. The van der Waals surface area contributed by atoms with Crippen molar-refractivity contribution in [1.29, 1.82) is 5.41 Å². The van der Waals surface area contributed by atoms with E-state index >= 15 is 0 Å². The topological polar surface area (TPSA) is 92.9 Å². The average molecular weight is 382 g/mol. The van der Waals surface area contributed by atoms with Gasteiger partial charge in [0.25, 0.3) is 5.92 Å². The van der Waals surface area contributed by atoms with Gasteiger partial charge < -0.3 is 5.73 Å². The zero-order valence-electron chi connectivity index (χ0n) is 15.3. The maximum Gasteiger partial charge on any atom is 0.275 e. The van der Waals surface area contributed by atoms with Gasteiger partial charge >= 0.3 is 0 Å². The number of halogens is 2. The van der Waals surface area contributed by atoms with Crippen LogP contribution in [-0.2, 0) is 12.5 Å². The molecule has 0 saturated heterocycles. The first-order chi connectivity index (χ1) is 13.4. The second-order valence-corrected chi connectivity index (χ2v) is 6.20. The quantitative estimate of drug-likeness (QED) is 0.642. The van der Waals surface area contributed by atoms with Crippen molar-refractivity contribution < 1.29 is 8.78 Å². The molecule has 0 saturated carbocycles. The van der Waals surface area contributed by atoms with Crippen LogP contribution in [0.4, 0.5) is 8.78 Å². The van der Waals surface area contributed by atoms with Crippen LogP contribution < -0.4 is 11.2 Å². The van der Waals surface area contributed by atoms with Gasteiger partial charge in [0.15, 0.2) is 0 Å². The van der Waals surface area contributed by atoms with Gasteiger partial charge in [0.05, 0.1) is 11.2 Å². The molecule has 0 aliphatic heterocycles. The summed E-state index contributed by atoms with van der Waals surface area (Å²) < 4.78 is 30.8. The van der Waals surface area contributed by atoms with Crippen LogP contribution in [0.15, 0.2) is 59.9 Å². The Hall–Kier alpha value is -3.42. The molecule has 0 spiro atoms. The van der Waals surface area contributed by atoms with Crippen LogP contribution in [0.2, 0.25) is 0 Å². The minimum Gasteiger partial charge on any atom is -0.404 e. The van der Waals surface area contributed by atoms with Gasteiger partial charge in [-0.15, -0.1) is 0 Å². The van der Waals surface area contributed by atoms with Crippen LogP contribution in [0.25, 0.3) is 16.5 Å². The lowest BCUT2D eigenvalue weighted by Crippen LogP contribution is -2.27. The van der Waals surface area contributed by atoms with E-state index in [-0.39, 0.29) is 17.6 Å². The first-order valence-electron chi connectivity index (χ1n) is 8.65. The molecule has 6 nitrogen and oxygen atoms in total. The molecule has 0 radical (unpaired) electrons. The van der Waals surface area contributed by atoms with Gasteiger partial charge in [0, 0.05) is 55.1 Å². The lowest BCUT2D eigenvalue weighted by molar-refractivity contribution is -0.0185. The minimum absolute atomic E-state index is 0.0343. The molecule has 3 aromatic rings. The summed E-state index contributed by atoms with van der Waals surface area (Å²) in [5.74, 6) is -3.07. The first-order valence-corrected chi connectivity index (χ1v) is 8.65. The molecule has 3 N–H and O–H groups in total. The molecule has 0 amide bonds. The Morgan fingerprint density at radius 1 is 1.29 bits per heavy atom. The van der Waals surface area contributed by atoms with E-state index in [1.807, 2.05) is 0 Å². The highest BCUT2D eigenvalue weighted by molar-refractivity contribution is 6.08. The summed E-state index contributed by atoms with van der Waals surface area (Å²) in [5, 5.41) is 12.9. The zero-order valence-corrected chi connectivity index (χ0v) is 15.3. The molecule has 0 aliphatic rings. The summed E-state index contributed by atoms with van der Waals surface area (Å²) in [7, 11) is 1.59. The van der Waals surface area contributed by atoms with Crippen molar-refractivity contribution >= 4 is 22.7 Å². The summed E-state index contributed by atoms with van der Waals surface area (Å²) >= 11 is 0. The van der Waals surface area contributed by atoms with E-state index in [0.29, 0.717) is 22.2 Å². The minimum atomic E-state index is -3.07.